The highest BCUT2D eigenvalue weighted by Crippen LogP contribution is 2.43. The Morgan fingerprint density at radius 3 is 1.35 bits per heavy atom. The summed E-state index contributed by atoms with van der Waals surface area (Å²) in [7, 11) is 0. The highest BCUT2D eigenvalue weighted by molar-refractivity contribution is 6.16. The van der Waals surface area contributed by atoms with Crippen molar-refractivity contribution in [2.75, 3.05) is 0 Å². The number of furan rings is 1. The summed E-state index contributed by atoms with van der Waals surface area (Å²) >= 11 is 0. The Morgan fingerprint density at radius 1 is 0.323 bits per heavy atom. The van der Waals surface area contributed by atoms with Crippen molar-refractivity contribution in [3.8, 4) is 102 Å². The maximum absolute atomic E-state index is 9.36. The predicted octanol–water partition coefficient (Wildman–Crippen LogP) is 14.9. The smallest absolute Gasteiger partial charge is 0.164 e. The molecule has 9 aromatic carbocycles. The first kappa shape index (κ1) is 38.7. The van der Waals surface area contributed by atoms with Crippen LogP contribution < -0.4 is 0 Å². The van der Waals surface area contributed by atoms with Crippen LogP contribution in [0.15, 0.2) is 217 Å². The van der Waals surface area contributed by atoms with E-state index in [0.717, 1.165) is 94.3 Å². The zero-order valence-corrected chi connectivity index (χ0v) is 34.9. The summed E-state index contributed by atoms with van der Waals surface area (Å²) in [5, 5.41) is 20.5. The molecule has 0 saturated carbocycles. The molecule has 302 valence electrons. The van der Waals surface area contributed by atoms with Gasteiger partial charge in [0.2, 0.25) is 0 Å². The summed E-state index contributed by atoms with van der Waals surface area (Å²) in [6, 6.07) is 75.9. The minimum atomic E-state index is 0.540. The van der Waals surface area contributed by atoms with Gasteiger partial charge in [-0.2, -0.15) is 10.5 Å². The molecule has 0 fully saturated rings. The number of hydrogen-bond donors (Lipinski definition) is 0. The molecule has 0 saturated heterocycles. The van der Waals surface area contributed by atoms with Gasteiger partial charge in [-0.05, 0) is 98.6 Å². The molecule has 2 heterocycles. The van der Waals surface area contributed by atoms with E-state index in [1.54, 1.807) is 0 Å². The summed E-state index contributed by atoms with van der Waals surface area (Å²) in [4.78, 5) is 15.5. The zero-order valence-electron chi connectivity index (χ0n) is 34.9. The SMILES string of the molecule is N#Cc1ccc(-c2ccc(-c3cc(-c4ccc(-c5ccc(C#N)cc5)cc4)c4oc5cccc(-c6nc(-c7ccccc7)nc(-c7cccc(-c8ccccc8)c7)n6)c5c4c3)cc2)cc1. The van der Waals surface area contributed by atoms with Gasteiger partial charge >= 0.3 is 0 Å². The number of nitrogens with zero attached hydrogens (tertiary/aromatic N) is 5. The van der Waals surface area contributed by atoms with Crippen molar-refractivity contribution in [1.29, 1.82) is 10.5 Å². The second-order valence-electron chi connectivity index (χ2n) is 15.8. The Labute approximate surface area is 375 Å². The van der Waals surface area contributed by atoms with Gasteiger partial charge in [0, 0.05) is 33.0 Å². The van der Waals surface area contributed by atoms with Gasteiger partial charge < -0.3 is 4.42 Å². The third-order valence-corrected chi connectivity index (χ3v) is 11.8. The largest absolute Gasteiger partial charge is 0.455 e. The van der Waals surface area contributed by atoms with Crippen LogP contribution in [0.2, 0.25) is 0 Å². The molecular weight excluding hydrogens is 795 g/mol. The number of fused-ring (bicyclic) bond motifs is 3. The lowest BCUT2D eigenvalue weighted by atomic mass is 9.93. The molecule has 65 heavy (non-hydrogen) atoms. The van der Waals surface area contributed by atoms with Gasteiger partial charge in [-0.1, -0.05) is 164 Å². The van der Waals surface area contributed by atoms with Crippen LogP contribution in [-0.2, 0) is 0 Å². The lowest BCUT2D eigenvalue weighted by Crippen LogP contribution is -2.00. The van der Waals surface area contributed by atoms with Crippen molar-refractivity contribution in [1.82, 2.24) is 15.0 Å². The normalized spacial score (nSPS) is 11.0. The molecule has 11 aromatic rings. The Bertz CT molecular complexity index is 3620. The summed E-state index contributed by atoms with van der Waals surface area (Å²) < 4.78 is 6.90. The van der Waals surface area contributed by atoms with Crippen molar-refractivity contribution in [2.24, 2.45) is 0 Å². The van der Waals surface area contributed by atoms with Crippen molar-refractivity contribution in [3.63, 3.8) is 0 Å². The molecule has 11 rings (SSSR count). The second-order valence-corrected chi connectivity index (χ2v) is 15.8. The van der Waals surface area contributed by atoms with E-state index in [2.05, 4.69) is 103 Å². The van der Waals surface area contributed by atoms with Crippen molar-refractivity contribution in [3.05, 3.63) is 223 Å². The fraction of sp³-hybridized carbons (Fsp3) is 0. The molecule has 0 radical (unpaired) electrons. The van der Waals surface area contributed by atoms with E-state index in [4.69, 9.17) is 19.4 Å². The predicted molar refractivity (Wildman–Crippen MR) is 260 cm³/mol. The van der Waals surface area contributed by atoms with E-state index in [1.807, 2.05) is 121 Å². The quantitative estimate of drug-likeness (QED) is 0.151. The fourth-order valence-corrected chi connectivity index (χ4v) is 8.48. The van der Waals surface area contributed by atoms with Crippen LogP contribution in [0.5, 0.6) is 0 Å². The molecule has 6 nitrogen and oxygen atoms in total. The summed E-state index contributed by atoms with van der Waals surface area (Å²) in [5.74, 6) is 1.69. The lowest BCUT2D eigenvalue weighted by Gasteiger charge is -2.11. The van der Waals surface area contributed by atoms with Gasteiger partial charge in [-0.15, -0.1) is 0 Å². The average molecular weight is 830 g/mol. The van der Waals surface area contributed by atoms with Crippen LogP contribution in [0.4, 0.5) is 0 Å². The van der Waals surface area contributed by atoms with Gasteiger partial charge in [-0.25, -0.2) is 15.0 Å². The van der Waals surface area contributed by atoms with Crippen LogP contribution >= 0.6 is 0 Å². The molecule has 2 aromatic heterocycles. The van der Waals surface area contributed by atoms with E-state index in [0.29, 0.717) is 28.6 Å². The van der Waals surface area contributed by atoms with Gasteiger partial charge in [0.15, 0.2) is 17.5 Å². The van der Waals surface area contributed by atoms with Crippen molar-refractivity contribution >= 4 is 21.9 Å². The number of hydrogen-bond acceptors (Lipinski definition) is 6. The molecule has 6 heteroatoms. The topological polar surface area (TPSA) is 99.4 Å². The molecule has 0 amide bonds. The maximum Gasteiger partial charge on any atom is 0.164 e. The number of rotatable bonds is 8. The fourth-order valence-electron chi connectivity index (χ4n) is 8.48. The summed E-state index contributed by atoms with van der Waals surface area (Å²) in [5.41, 5.74) is 15.7. The Balaban J connectivity index is 1.10. The van der Waals surface area contributed by atoms with Crippen LogP contribution in [0.25, 0.3) is 112 Å². The van der Waals surface area contributed by atoms with Crippen LogP contribution in [0, 0.1) is 22.7 Å². The van der Waals surface area contributed by atoms with Gasteiger partial charge in [-0.3, -0.25) is 0 Å². The van der Waals surface area contributed by atoms with Crippen LogP contribution in [0.1, 0.15) is 11.1 Å². The second kappa shape index (κ2) is 16.6. The molecule has 0 atom stereocenters. The number of aromatic nitrogens is 3. The Morgan fingerprint density at radius 2 is 0.769 bits per heavy atom. The molecular formula is C59H35N5O. The first-order valence-electron chi connectivity index (χ1n) is 21.3. The third kappa shape index (κ3) is 7.48. The summed E-state index contributed by atoms with van der Waals surface area (Å²) in [6.07, 6.45) is 0. The molecule has 0 unspecified atom stereocenters. The number of benzene rings is 9. The molecule has 0 bridgehead atoms. The zero-order chi connectivity index (χ0) is 43.7. The lowest BCUT2D eigenvalue weighted by molar-refractivity contribution is 0.670. The molecule has 0 spiro atoms. The first-order chi connectivity index (χ1) is 32.1. The first-order valence-corrected chi connectivity index (χ1v) is 21.3. The highest BCUT2D eigenvalue weighted by atomic mass is 16.3. The number of nitriles is 2. The van der Waals surface area contributed by atoms with Crippen molar-refractivity contribution < 1.29 is 4.42 Å². The van der Waals surface area contributed by atoms with E-state index >= 15 is 0 Å². The average Bonchev–Trinajstić information content (AvgIpc) is 3.78. The van der Waals surface area contributed by atoms with E-state index in [-0.39, 0.29) is 0 Å². The van der Waals surface area contributed by atoms with Gasteiger partial charge in [0.1, 0.15) is 11.2 Å². The van der Waals surface area contributed by atoms with Crippen molar-refractivity contribution in [2.45, 2.75) is 0 Å². The molecule has 0 aliphatic rings. The van der Waals surface area contributed by atoms with Crippen LogP contribution in [-0.4, -0.2) is 15.0 Å². The molecule has 0 N–H and O–H groups in total. The minimum absolute atomic E-state index is 0.540. The maximum atomic E-state index is 9.36. The molecule has 0 aliphatic carbocycles. The van der Waals surface area contributed by atoms with E-state index in [1.165, 1.54) is 0 Å². The van der Waals surface area contributed by atoms with Crippen LogP contribution in [0.3, 0.4) is 0 Å². The summed E-state index contributed by atoms with van der Waals surface area (Å²) in [6.45, 7) is 0. The third-order valence-electron chi connectivity index (χ3n) is 11.8. The monoisotopic (exact) mass is 829 g/mol. The minimum Gasteiger partial charge on any atom is -0.455 e. The van der Waals surface area contributed by atoms with Gasteiger partial charge in [0.25, 0.3) is 0 Å². The van der Waals surface area contributed by atoms with E-state index in [9.17, 15) is 10.5 Å². The Kier molecular flexibility index (Phi) is 9.86. The van der Waals surface area contributed by atoms with E-state index < -0.39 is 0 Å². The highest BCUT2D eigenvalue weighted by Gasteiger charge is 2.21. The molecule has 0 aliphatic heterocycles. The Hall–Kier alpha value is -9.23. The van der Waals surface area contributed by atoms with Gasteiger partial charge in [0.05, 0.1) is 23.3 Å². The standard InChI is InChI=1S/C59H35N5O/c60-36-38-17-21-41(22-18-38)43-25-27-45(28-26-43)50-34-52(46-31-29-44(30-32-46)42-23-19-39(37-61)20-24-42)56-53(35-50)55-51(15-8-16-54(55)65-56)59-63-57(47-11-5-2-6-12-47)62-58(64-59)49-14-7-13-48(33-49)40-9-3-1-4-10-40/h1-35H.